The number of hydrogen-bond acceptors (Lipinski definition) is 7. The molecule has 2 amide bonds. The molecule has 9 heteroatoms. The van der Waals surface area contributed by atoms with Crippen LogP contribution in [0.15, 0.2) is 30.3 Å². The molecule has 1 aliphatic rings. The summed E-state index contributed by atoms with van der Waals surface area (Å²) >= 11 is 1.19. The van der Waals surface area contributed by atoms with Crippen molar-refractivity contribution in [1.82, 2.24) is 15.5 Å². The molecule has 1 aromatic heterocycles. The number of benzene rings is 1. The Kier molecular flexibility index (Phi) is 5.92. The summed E-state index contributed by atoms with van der Waals surface area (Å²) in [7, 11) is 0. The number of carbonyl (C=O) groups excluding carboxylic acids is 1. The van der Waals surface area contributed by atoms with Crippen molar-refractivity contribution in [1.29, 1.82) is 0 Å². The molecular formula is C16H20N4O4S. The smallest absolute Gasteiger partial charge is 0.321 e. The fraction of sp³-hybridized carbons (Fsp3) is 0.438. The topological polar surface area (TPSA) is 117 Å². The van der Waals surface area contributed by atoms with Crippen LogP contribution in [0.5, 0.6) is 0 Å². The van der Waals surface area contributed by atoms with Crippen LogP contribution in [0, 0.1) is 0 Å². The quantitative estimate of drug-likeness (QED) is 0.610. The number of aliphatic hydroxyl groups is 2. The summed E-state index contributed by atoms with van der Waals surface area (Å²) in [4.78, 5) is 11.9. The summed E-state index contributed by atoms with van der Waals surface area (Å²) in [5, 5.41) is 33.1. The fourth-order valence-electron chi connectivity index (χ4n) is 2.57. The molecule has 0 radical (unpaired) electrons. The van der Waals surface area contributed by atoms with Gasteiger partial charge < -0.3 is 20.3 Å². The van der Waals surface area contributed by atoms with Crippen LogP contribution >= 0.6 is 11.3 Å². The molecule has 3 rings (SSSR count). The van der Waals surface area contributed by atoms with Gasteiger partial charge in [-0.2, -0.15) is 0 Å². The second-order valence-electron chi connectivity index (χ2n) is 5.71. The van der Waals surface area contributed by atoms with Gasteiger partial charge in [0.1, 0.15) is 17.2 Å². The van der Waals surface area contributed by atoms with Crippen molar-refractivity contribution in [2.75, 3.05) is 18.5 Å². The van der Waals surface area contributed by atoms with Crippen LogP contribution in [0.2, 0.25) is 0 Å². The summed E-state index contributed by atoms with van der Waals surface area (Å²) in [6, 6.07) is 9.54. The number of amides is 2. The molecule has 2 heterocycles. The van der Waals surface area contributed by atoms with Crippen LogP contribution in [0.25, 0.3) is 0 Å². The maximum absolute atomic E-state index is 11.9. The Morgan fingerprint density at radius 1 is 1.32 bits per heavy atom. The van der Waals surface area contributed by atoms with E-state index in [0.717, 1.165) is 12.0 Å². The maximum Gasteiger partial charge on any atom is 0.321 e. The molecule has 0 saturated carbocycles. The Bertz CT molecular complexity index is 696. The normalized spacial score (nSPS) is 22.7. The SMILES string of the molecule is O=C(NCCc1ccccc1)Nc1nnc([C@H]2C[C@H](O)[C@@H](CO)O2)s1. The third kappa shape index (κ3) is 4.73. The first kappa shape index (κ1) is 17.7. The highest BCUT2D eigenvalue weighted by molar-refractivity contribution is 7.15. The zero-order valence-electron chi connectivity index (χ0n) is 13.5. The first-order chi connectivity index (χ1) is 12.2. The first-order valence-electron chi connectivity index (χ1n) is 8.02. The number of urea groups is 1. The van der Waals surface area contributed by atoms with Crippen LogP contribution in [0.3, 0.4) is 0 Å². The Balaban J connectivity index is 1.45. The Morgan fingerprint density at radius 2 is 2.12 bits per heavy atom. The van der Waals surface area contributed by atoms with Crippen LogP contribution in [0.4, 0.5) is 9.93 Å². The second kappa shape index (κ2) is 8.34. The van der Waals surface area contributed by atoms with E-state index in [2.05, 4.69) is 20.8 Å². The number of aliphatic hydroxyl groups excluding tert-OH is 2. The highest BCUT2D eigenvalue weighted by atomic mass is 32.1. The van der Waals surface area contributed by atoms with E-state index in [4.69, 9.17) is 9.84 Å². The molecule has 1 aliphatic heterocycles. The molecule has 0 aliphatic carbocycles. The average Bonchev–Trinajstić information content (AvgIpc) is 3.22. The highest BCUT2D eigenvalue weighted by Gasteiger charge is 2.36. The van der Waals surface area contributed by atoms with E-state index in [-0.39, 0.29) is 12.6 Å². The lowest BCUT2D eigenvalue weighted by atomic mass is 10.1. The molecular weight excluding hydrogens is 344 g/mol. The maximum atomic E-state index is 11.9. The summed E-state index contributed by atoms with van der Waals surface area (Å²) in [5.41, 5.74) is 1.15. The third-order valence-electron chi connectivity index (χ3n) is 3.88. The van der Waals surface area contributed by atoms with Crippen molar-refractivity contribution < 1.29 is 19.7 Å². The number of nitrogens with one attached hydrogen (secondary N) is 2. The lowest BCUT2D eigenvalue weighted by Crippen LogP contribution is -2.30. The number of anilines is 1. The molecule has 4 N–H and O–H groups in total. The van der Waals surface area contributed by atoms with Gasteiger partial charge in [-0.25, -0.2) is 4.79 Å². The molecule has 3 atom stereocenters. The Labute approximate surface area is 148 Å². The number of carbonyl (C=O) groups is 1. The van der Waals surface area contributed by atoms with Crippen molar-refractivity contribution in [2.45, 2.75) is 31.2 Å². The van der Waals surface area contributed by atoms with Gasteiger partial charge in [-0.3, -0.25) is 5.32 Å². The van der Waals surface area contributed by atoms with Crippen LogP contribution in [0.1, 0.15) is 23.1 Å². The molecule has 134 valence electrons. The zero-order valence-corrected chi connectivity index (χ0v) is 14.3. The van der Waals surface area contributed by atoms with Gasteiger partial charge in [-0.1, -0.05) is 41.7 Å². The van der Waals surface area contributed by atoms with Crippen molar-refractivity contribution in [3.8, 4) is 0 Å². The van der Waals surface area contributed by atoms with Gasteiger partial charge in [0, 0.05) is 13.0 Å². The average molecular weight is 364 g/mol. The standard InChI is InChI=1S/C16H20N4O4S/c21-9-13-11(22)8-12(24-13)14-19-20-16(25-14)18-15(23)17-7-6-10-4-2-1-3-5-10/h1-5,11-13,21-22H,6-9H2,(H2,17,18,20,23)/t11-,12+,13+/m0/s1. The van der Waals surface area contributed by atoms with E-state index in [0.29, 0.717) is 23.1 Å². The van der Waals surface area contributed by atoms with Gasteiger partial charge in [0.15, 0.2) is 0 Å². The van der Waals surface area contributed by atoms with Crippen molar-refractivity contribution in [3.05, 3.63) is 40.9 Å². The molecule has 0 unspecified atom stereocenters. The van der Waals surface area contributed by atoms with Crippen LogP contribution < -0.4 is 10.6 Å². The second-order valence-corrected chi connectivity index (χ2v) is 6.72. The van der Waals surface area contributed by atoms with Gasteiger partial charge in [0.05, 0.1) is 12.7 Å². The van der Waals surface area contributed by atoms with E-state index in [1.165, 1.54) is 11.3 Å². The van der Waals surface area contributed by atoms with E-state index in [1.807, 2.05) is 30.3 Å². The van der Waals surface area contributed by atoms with E-state index in [9.17, 15) is 9.90 Å². The predicted molar refractivity (Wildman–Crippen MR) is 92.4 cm³/mol. The Hall–Kier alpha value is -2.07. The van der Waals surface area contributed by atoms with E-state index in [1.54, 1.807) is 0 Å². The lowest BCUT2D eigenvalue weighted by molar-refractivity contribution is -0.0227. The number of nitrogens with zero attached hydrogens (tertiary/aromatic N) is 2. The number of hydrogen-bond donors (Lipinski definition) is 4. The monoisotopic (exact) mass is 364 g/mol. The fourth-order valence-corrected chi connectivity index (χ4v) is 3.36. The van der Waals surface area contributed by atoms with Crippen LogP contribution in [-0.2, 0) is 11.2 Å². The number of ether oxygens (including phenoxy) is 1. The number of rotatable bonds is 6. The van der Waals surface area contributed by atoms with Crippen LogP contribution in [-0.4, -0.2) is 51.8 Å². The van der Waals surface area contributed by atoms with Gasteiger partial charge in [-0.15, -0.1) is 10.2 Å². The van der Waals surface area contributed by atoms with E-state index < -0.39 is 18.3 Å². The largest absolute Gasteiger partial charge is 0.394 e. The predicted octanol–water partition coefficient (Wildman–Crippen LogP) is 1.09. The minimum Gasteiger partial charge on any atom is -0.394 e. The van der Waals surface area contributed by atoms with E-state index >= 15 is 0 Å². The minimum absolute atomic E-state index is 0.245. The molecule has 25 heavy (non-hydrogen) atoms. The molecule has 8 nitrogen and oxygen atoms in total. The van der Waals surface area contributed by atoms with Gasteiger partial charge >= 0.3 is 6.03 Å². The van der Waals surface area contributed by atoms with Crippen molar-refractivity contribution in [3.63, 3.8) is 0 Å². The number of aromatic nitrogens is 2. The molecule has 0 spiro atoms. The van der Waals surface area contributed by atoms with Gasteiger partial charge in [0.2, 0.25) is 5.13 Å². The zero-order chi connectivity index (χ0) is 17.6. The molecule has 2 aromatic rings. The summed E-state index contributed by atoms with van der Waals surface area (Å²) < 4.78 is 5.52. The summed E-state index contributed by atoms with van der Waals surface area (Å²) in [5.74, 6) is 0. The van der Waals surface area contributed by atoms with Gasteiger partial charge in [0.25, 0.3) is 0 Å². The van der Waals surface area contributed by atoms with Gasteiger partial charge in [-0.05, 0) is 12.0 Å². The van der Waals surface area contributed by atoms with Crippen molar-refractivity contribution >= 4 is 22.5 Å². The molecule has 1 saturated heterocycles. The highest BCUT2D eigenvalue weighted by Crippen LogP contribution is 2.35. The summed E-state index contributed by atoms with van der Waals surface area (Å²) in [6.45, 7) is 0.267. The third-order valence-corrected chi connectivity index (χ3v) is 4.81. The molecule has 1 fully saturated rings. The Morgan fingerprint density at radius 3 is 2.84 bits per heavy atom. The first-order valence-corrected chi connectivity index (χ1v) is 8.84. The lowest BCUT2D eigenvalue weighted by Gasteiger charge is -2.09. The molecule has 0 bridgehead atoms. The van der Waals surface area contributed by atoms with Crippen molar-refractivity contribution in [2.24, 2.45) is 0 Å². The minimum atomic E-state index is -0.725. The summed E-state index contributed by atoms with van der Waals surface area (Å²) in [6.07, 6.45) is -0.653. The molecule has 1 aromatic carbocycles.